The minimum atomic E-state index is -0.817. The van der Waals surface area contributed by atoms with E-state index in [0.717, 1.165) is 41.7 Å². The molecular weight excluding hydrogens is 304 g/mol. The Bertz CT molecular complexity index is 769. The highest BCUT2D eigenvalue weighted by molar-refractivity contribution is 5.89. The first-order chi connectivity index (χ1) is 11.6. The van der Waals surface area contributed by atoms with Crippen LogP contribution in [0.2, 0.25) is 0 Å². The van der Waals surface area contributed by atoms with E-state index in [1.807, 2.05) is 36.2 Å². The zero-order valence-electron chi connectivity index (χ0n) is 13.8. The largest absolute Gasteiger partial charge is 0.480 e. The van der Waals surface area contributed by atoms with Crippen LogP contribution in [0.4, 0.5) is 0 Å². The van der Waals surface area contributed by atoms with Crippen LogP contribution in [0.15, 0.2) is 24.4 Å². The van der Waals surface area contributed by atoms with Crippen molar-refractivity contribution in [2.45, 2.75) is 19.4 Å². The van der Waals surface area contributed by atoms with Crippen molar-refractivity contribution in [3.63, 3.8) is 0 Å². The normalized spacial score (nSPS) is 17.7. The molecule has 2 heterocycles. The molecule has 0 bridgehead atoms. The number of hydrogen-bond donors (Lipinski definition) is 2. The molecule has 6 heteroatoms. The lowest BCUT2D eigenvalue weighted by molar-refractivity contribution is -0.144. The maximum Gasteiger partial charge on any atom is 0.325 e. The minimum absolute atomic E-state index is 0.518. The number of nitrogens with zero attached hydrogens (tertiary/aromatic N) is 3. The molecule has 0 radical (unpaired) electrons. The number of nitrogens with one attached hydrogen (secondary N) is 1. The average molecular weight is 326 g/mol. The van der Waals surface area contributed by atoms with E-state index in [2.05, 4.69) is 16.0 Å². The van der Waals surface area contributed by atoms with Gasteiger partial charge in [0, 0.05) is 61.8 Å². The third-order valence-electron chi connectivity index (χ3n) is 4.71. The number of piperazine rings is 1. The Morgan fingerprint density at radius 3 is 2.79 bits per heavy atom. The van der Waals surface area contributed by atoms with Crippen LogP contribution >= 0.6 is 0 Å². The van der Waals surface area contributed by atoms with Gasteiger partial charge in [0.2, 0.25) is 0 Å². The van der Waals surface area contributed by atoms with Crippen LogP contribution in [-0.4, -0.2) is 58.6 Å². The van der Waals surface area contributed by atoms with Crippen LogP contribution < -0.4 is 0 Å². The maximum absolute atomic E-state index is 12.0. The smallest absolute Gasteiger partial charge is 0.325 e. The number of aromatic amines is 1. The van der Waals surface area contributed by atoms with Crippen LogP contribution in [0.3, 0.4) is 0 Å². The number of aromatic nitrogens is 1. The van der Waals surface area contributed by atoms with Crippen molar-refractivity contribution in [1.82, 2.24) is 14.8 Å². The molecule has 1 aromatic carbocycles. The van der Waals surface area contributed by atoms with Gasteiger partial charge in [0.05, 0.1) is 6.07 Å². The summed E-state index contributed by atoms with van der Waals surface area (Å²) in [5.74, 6) is -0.817. The van der Waals surface area contributed by atoms with Crippen LogP contribution in [-0.2, 0) is 4.79 Å². The molecule has 0 amide bonds. The standard InChI is InChI=1S/C18H22N4O2/c1-13-3-4-16-14(11-13)15(12-20-16)17(18(23)24)22-9-7-21(8-10-22)6-2-5-19/h3-4,11-12,17,20H,2,6-10H2,1H3,(H,23,24). The third-order valence-corrected chi connectivity index (χ3v) is 4.71. The molecule has 24 heavy (non-hydrogen) atoms. The second-order valence-corrected chi connectivity index (χ2v) is 6.32. The Kier molecular flexibility index (Phi) is 4.84. The number of aliphatic carboxylic acids is 1. The maximum atomic E-state index is 12.0. The lowest BCUT2D eigenvalue weighted by Crippen LogP contribution is -2.49. The topological polar surface area (TPSA) is 83.4 Å². The number of aryl methyl sites for hydroxylation is 1. The first kappa shape index (κ1) is 16.5. The summed E-state index contributed by atoms with van der Waals surface area (Å²) in [6.45, 7) is 5.76. The number of carbonyl (C=O) groups is 1. The van der Waals surface area contributed by atoms with Gasteiger partial charge >= 0.3 is 5.97 Å². The van der Waals surface area contributed by atoms with Crippen LogP contribution in [0.1, 0.15) is 23.6 Å². The fraction of sp³-hybridized carbons (Fsp3) is 0.444. The lowest BCUT2D eigenvalue weighted by atomic mass is 10.0. The molecule has 1 aliphatic rings. The van der Waals surface area contributed by atoms with Crippen molar-refractivity contribution in [3.8, 4) is 6.07 Å². The molecule has 2 N–H and O–H groups in total. The Balaban J connectivity index is 1.82. The van der Waals surface area contributed by atoms with Crippen LogP contribution in [0.5, 0.6) is 0 Å². The molecule has 0 spiro atoms. The number of nitriles is 1. The monoisotopic (exact) mass is 326 g/mol. The molecule has 1 saturated heterocycles. The van der Waals surface area contributed by atoms with E-state index < -0.39 is 12.0 Å². The van der Waals surface area contributed by atoms with Crippen molar-refractivity contribution >= 4 is 16.9 Å². The Morgan fingerprint density at radius 2 is 2.12 bits per heavy atom. The molecule has 1 unspecified atom stereocenters. The molecular formula is C18H22N4O2. The quantitative estimate of drug-likeness (QED) is 0.879. The SMILES string of the molecule is Cc1ccc2[nH]cc(C(C(=O)O)N3CCN(CCC#N)CC3)c2c1. The second kappa shape index (κ2) is 7.04. The number of rotatable bonds is 5. The molecule has 3 rings (SSSR count). The summed E-state index contributed by atoms with van der Waals surface area (Å²) in [6, 6.07) is 7.58. The zero-order chi connectivity index (χ0) is 17.1. The van der Waals surface area contributed by atoms with E-state index in [-0.39, 0.29) is 0 Å². The van der Waals surface area contributed by atoms with E-state index in [1.165, 1.54) is 0 Å². The van der Waals surface area contributed by atoms with Gasteiger partial charge in [0.1, 0.15) is 6.04 Å². The van der Waals surface area contributed by atoms with E-state index in [9.17, 15) is 9.90 Å². The number of carboxylic acid groups (broad SMARTS) is 1. The van der Waals surface area contributed by atoms with Gasteiger partial charge in [-0.15, -0.1) is 0 Å². The van der Waals surface area contributed by atoms with E-state index in [0.29, 0.717) is 19.5 Å². The van der Waals surface area contributed by atoms with Gasteiger partial charge in [-0.25, -0.2) is 0 Å². The molecule has 2 aromatic rings. The highest BCUT2D eigenvalue weighted by atomic mass is 16.4. The fourth-order valence-electron chi connectivity index (χ4n) is 3.42. The van der Waals surface area contributed by atoms with Crippen molar-refractivity contribution in [2.75, 3.05) is 32.7 Å². The lowest BCUT2D eigenvalue weighted by Gasteiger charge is -2.37. The van der Waals surface area contributed by atoms with Gasteiger partial charge in [-0.3, -0.25) is 14.6 Å². The zero-order valence-corrected chi connectivity index (χ0v) is 13.8. The highest BCUT2D eigenvalue weighted by Gasteiger charge is 2.31. The molecule has 126 valence electrons. The summed E-state index contributed by atoms with van der Waals surface area (Å²) < 4.78 is 0. The molecule has 1 aliphatic heterocycles. The van der Waals surface area contributed by atoms with Gasteiger partial charge in [-0.2, -0.15) is 5.26 Å². The highest BCUT2D eigenvalue weighted by Crippen LogP contribution is 2.30. The molecule has 1 atom stereocenters. The predicted octanol–water partition coefficient (Wildman–Crippen LogP) is 2.13. The number of H-pyrrole nitrogens is 1. The molecule has 1 aromatic heterocycles. The van der Waals surface area contributed by atoms with Crippen molar-refractivity contribution in [1.29, 1.82) is 5.26 Å². The number of fused-ring (bicyclic) bond motifs is 1. The van der Waals surface area contributed by atoms with Gasteiger partial charge < -0.3 is 10.1 Å². The third kappa shape index (κ3) is 3.28. The summed E-state index contributed by atoms with van der Waals surface area (Å²) >= 11 is 0. The van der Waals surface area contributed by atoms with Crippen molar-refractivity contribution in [2.24, 2.45) is 0 Å². The van der Waals surface area contributed by atoms with Crippen LogP contribution in [0, 0.1) is 18.3 Å². The summed E-state index contributed by atoms with van der Waals surface area (Å²) in [6.07, 6.45) is 2.34. The van der Waals surface area contributed by atoms with Gasteiger partial charge in [-0.05, 0) is 19.1 Å². The van der Waals surface area contributed by atoms with Crippen molar-refractivity contribution in [3.05, 3.63) is 35.5 Å². The van der Waals surface area contributed by atoms with Crippen molar-refractivity contribution < 1.29 is 9.90 Å². The average Bonchev–Trinajstić information content (AvgIpc) is 2.97. The molecule has 0 saturated carbocycles. The number of hydrogen-bond acceptors (Lipinski definition) is 4. The van der Waals surface area contributed by atoms with Gasteiger partial charge in [-0.1, -0.05) is 11.6 Å². The minimum Gasteiger partial charge on any atom is -0.480 e. The van der Waals surface area contributed by atoms with E-state index >= 15 is 0 Å². The Labute approximate surface area is 141 Å². The van der Waals surface area contributed by atoms with Gasteiger partial charge in [0.25, 0.3) is 0 Å². The first-order valence-corrected chi connectivity index (χ1v) is 8.24. The molecule has 1 fully saturated rings. The summed E-state index contributed by atoms with van der Waals surface area (Å²) in [5.41, 5.74) is 2.91. The molecule has 6 nitrogen and oxygen atoms in total. The Hall–Kier alpha value is -2.36. The Morgan fingerprint density at radius 1 is 1.38 bits per heavy atom. The summed E-state index contributed by atoms with van der Waals surface area (Å²) in [7, 11) is 0. The van der Waals surface area contributed by atoms with E-state index in [1.54, 1.807) is 0 Å². The number of benzene rings is 1. The first-order valence-electron chi connectivity index (χ1n) is 8.24. The second-order valence-electron chi connectivity index (χ2n) is 6.32. The van der Waals surface area contributed by atoms with Gasteiger partial charge in [0.15, 0.2) is 0 Å². The summed E-state index contributed by atoms with van der Waals surface area (Å²) in [5, 5.41) is 19.5. The summed E-state index contributed by atoms with van der Waals surface area (Å²) in [4.78, 5) is 19.4. The van der Waals surface area contributed by atoms with E-state index in [4.69, 9.17) is 5.26 Å². The fourth-order valence-corrected chi connectivity index (χ4v) is 3.42. The van der Waals surface area contributed by atoms with Crippen LogP contribution in [0.25, 0.3) is 10.9 Å². The predicted molar refractivity (Wildman–Crippen MR) is 91.7 cm³/mol. The number of carboxylic acids is 1. The molecule has 0 aliphatic carbocycles.